The van der Waals surface area contributed by atoms with Crippen LogP contribution in [0, 0.1) is 6.92 Å². The Morgan fingerprint density at radius 1 is 0.727 bits per heavy atom. The predicted molar refractivity (Wildman–Crippen MR) is 127 cm³/mol. The molecule has 33 heavy (non-hydrogen) atoms. The Kier molecular flexibility index (Phi) is 6.04. The molecule has 1 N–H and O–H groups in total. The molecule has 0 atom stereocenters. The normalized spacial score (nSPS) is 13.4. The lowest BCUT2D eigenvalue weighted by atomic mass is 10.0. The molecule has 0 saturated heterocycles. The summed E-state index contributed by atoms with van der Waals surface area (Å²) in [5.41, 5.74) is 2.64. The summed E-state index contributed by atoms with van der Waals surface area (Å²) < 4.78 is 16.4. The van der Waals surface area contributed by atoms with Crippen LogP contribution >= 0.6 is 0 Å². The average Bonchev–Trinajstić information content (AvgIpc) is 3.08. The lowest BCUT2D eigenvalue weighted by molar-refractivity contribution is -0.120. The van der Waals surface area contributed by atoms with Gasteiger partial charge in [-0.3, -0.25) is 9.59 Å². The van der Waals surface area contributed by atoms with Gasteiger partial charge in [-0.2, -0.15) is 0 Å². The monoisotopic (exact) mass is 444 g/mol. The van der Waals surface area contributed by atoms with Crippen LogP contribution in [0.5, 0.6) is 17.2 Å². The minimum Gasteiger partial charge on any atom is -0.496 e. The van der Waals surface area contributed by atoms with Gasteiger partial charge in [0.05, 0.1) is 38.3 Å². The Morgan fingerprint density at radius 2 is 1.36 bits per heavy atom. The number of amides is 2. The molecular formula is C26H24N2O5. The second kappa shape index (κ2) is 9.08. The number of rotatable bonds is 7. The third-order valence-corrected chi connectivity index (χ3v) is 5.40. The number of carbonyl (C=O) groups excluding carboxylic acids is 2. The van der Waals surface area contributed by atoms with Crippen molar-refractivity contribution >= 4 is 28.8 Å². The highest BCUT2D eigenvalue weighted by Crippen LogP contribution is 2.41. The summed E-state index contributed by atoms with van der Waals surface area (Å²) in [6, 6.07) is 19.6. The summed E-state index contributed by atoms with van der Waals surface area (Å²) >= 11 is 0. The highest BCUT2D eigenvalue weighted by Gasteiger charge is 2.42. The van der Waals surface area contributed by atoms with Gasteiger partial charge in [-0.15, -0.1) is 0 Å². The maximum atomic E-state index is 13.8. The summed E-state index contributed by atoms with van der Waals surface area (Å²) in [5, 5.41) is 3.14. The van der Waals surface area contributed by atoms with E-state index in [1.165, 1.54) is 14.2 Å². The summed E-state index contributed by atoms with van der Waals surface area (Å²) in [5.74, 6) is 0.448. The van der Waals surface area contributed by atoms with E-state index in [2.05, 4.69) is 5.32 Å². The second-order valence-electron chi connectivity index (χ2n) is 7.40. The fraction of sp³-hybridized carbons (Fsp3) is 0.154. The van der Waals surface area contributed by atoms with E-state index in [9.17, 15) is 9.59 Å². The molecule has 0 fully saturated rings. The molecule has 3 aromatic carbocycles. The summed E-state index contributed by atoms with van der Waals surface area (Å²) in [6.07, 6.45) is 0. The molecule has 1 heterocycles. The highest BCUT2D eigenvalue weighted by atomic mass is 16.5. The molecule has 7 nitrogen and oxygen atoms in total. The molecule has 0 spiro atoms. The number of hydrogen-bond donors (Lipinski definition) is 1. The van der Waals surface area contributed by atoms with E-state index in [0.29, 0.717) is 34.2 Å². The van der Waals surface area contributed by atoms with Gasteiger partial charge in [0.15, 0.2) is 0 Å². The van der Waals surface area contributed by atoms with Crippen LogP contribution in [0.25, 0.3) is 5.57 Å². The standard InChI is InChI=1S/C26H24N2O5/c1-16-13-14-22(33-4)19(15-16)28-25(29)23(17-9-5-7-11-20(17)31-2)24(26(28)30)27-18-10-6-8-12-21(18)32-3/h5-15,27H,1-4H3. The Balaban J connectivity index is 1.92. The fourth-order valence-corrected chi connectivity index (χ4v) is 3.82. The molecule has 0 unspecified atom stereocenters. The van der Waals surface area contributed by atoms with Crippen molar-refractivity contribution in [1.82, 2.24) is 0 Å². The zero-order chi connectivity index (χ0) is 23.5. The van der Waals surface area contributed by atoms with Gasteiger partial charge in [0, 0.05) is 5.56 Å². The average molecular weight is 444 g/mol. The number of ether oxygens (including phenoxy) is 3. The van der Waals surface area contributed by atoms with E-state index in [0.717, 1.165) is 10.5 Å². The van der Waals surface area contributed by atoms with Crippen LogP contribution in [0.1, 0.15) is 11.1 Å². The van der Waals surface area contributed by atoms with E-state index < -0.39 is 11.8 Å². The topological polar surface area (TPSA) is 77.1 Å². The maximum absolute atomic E-state index is 13.8. The first-order valence-electron chi connectivity index (χ1n) is 10.3. The molecule has 0 aromatic heterocycles. The summed E-state index contributed by atoms with van der Waals surface area (Å²) in [7, 11) is 4.57. The van der Waals surface area contributed by atoms with Crippen molar-refractivity contribution in [1.29, 1.82) is 0 Å². The number of nitrogens with one attached hydrogen (secondary N) is 1. The van der Waals surface area contributed by atoms with Crippen molar-refractivity contribution in [3.05, 3.63) is 83.6 Å². The highest BCUT2D eigenvalue weighted by molar-refractivity contribution is 6.46. The molecule has 7 heteroatoms. The Labute approximate surface area is 192 Å². The first-order chi connectivity index (χ1) is 16.0. The zero-order valence-electron chi connectivity index (χ0n) is 18.8. The van der Waals surface area contributed by atoms with Crippen LogP contribution in [0.4, 0.5) is 11.4 Å². The van der Waals surface area contributed by atoms with Crippen molar-refractivity contribution in [2.24, 2.45) is 0 Å². The van der Waals surface area contributed by atoms with E-state index in [1.807, 2.05) is 25.1 Å². The second-order valence-corrected chi connectivity index (χ2v) is 7.40. The van der Waals surface area contributed by atoms with E-state index in [1.54, 1.807) is 55.6 Å². The molecule has 1 aliphatic rings. The molecule has 1 aliphatic heterocycles. The van der Waals surface area contributed by atoms with E-state index >= 15 is 0 Å². The van der Waals surface area contributed by atoms with Gasteiger partial charge in [-0.1, -0.05) is 36.4 Å². The maximum Gasteiger partial charge on any atom is 0.282 e. The quantitative estimate of drug-likeness (QED) is 0.544. The van der Waals surface area contributed by atoms with Crippen LogP contribution < -0.4 is 24.4 Å². The number of carbonyl (C=O) groups is 2. The molecule has 2 amide bonds. The van der Waals surface area contributed by atoms with Gasteiger partial charge in [-0.05, 0) is 42.8 Å². The molecular weight excluding hydrogens is 420 g/mol. The van der Waals surface area contributed by atoms with Gasteiger partial charge < -0.3 is 19.5 Å². The van der Waals surface area contributed by atoms with Crippen LogP contribution in [0.2, 0.25) is 0 Å². The van der Waals surface area contributed by atoms with Crippen molar-refractivity contribution in [3.63, 3.8) is 0 Å². The number of nitrogens with zero attached hydrogens (tertiary/aromatic N) is 1. The van der Waals surface area contributed by atoms with Crippen LogP contribution in [0.15, 0.2) is 72.4 Å². The van der Waals surface area contributed by atoms with E-state index in [4.69, 9.17) is 14.2 Å². The third-order valence-electron chi connectivity index (χ3n) is 5.40. The number of aryl methyl sites for hydroxylation is 1. The lowest BCUT2D eigenvalue weighted by Gasteiger charge is -2.19. The number of benzene rings is 3. The number of para-hydroxylation sites is 3. The predicted octanol–water partition coefficient (Wildman–Crippen LogP) is 4.42. The van der Waals surface area contributed by atoms with Crippen LogP contribution in [-0.4, -0.2) is 33.1 Å². The molecule has 0 aliphatic carbocycles. The summed E-state index contributed by atoms with van der Waals surface area (Å²) in [6.45, 7) is 1.89. The summed E-state index contributed by atoms with van der Waals surface area (Å²) in [4.78, 5) is 28.6. The van der Waals surface area contributed by atoms with Crippen molar-refractivity contribution < 1.29 is 23.8 Å². The number of imide groups is 1. The minimum absolute atomic E-state index is 0.123. The molecule has 0 bridgehead atoms. The molecule has 0 saturated carbocycles. The fourth-order valence-electron chi connectivity index (χ4n) is 3.82. The minimum atomic E-state index is -0.504. The Bertz CT molecular complexity index is 1270. The molecule has 168 valence electrons. The molecule has 3 aromatic rings. The molecule has 4 rings (SSSR count). The first kappa shape index (κ1) is 22.0. The number of anilines is 2. The first-order valence-corrected chi connectivity index (χ1v) is 10.3. The third kappa shape index (κ3) is 3.89. The van der Waals surface area contributed by atoms with Gasteiger partial charge >= 0.3 is 0 Å². The molecule has 0 radical (unpaired) electrons. The Hall–Kier alpha value is -4.26. The van der Waals surface area contributed by atoms with Crippen LogP contribution in [0.3, 0.4) is 0 Å². The zero-order valence-corrected chi connectivity index (χ0v) is 18.8. The van der Waals surface area contributed by atoms with Crippen LogP contribution in [-0.2, 0) is 9.59 Å². The largest absolute Gasteiger partial charge is 0.496 e. The van der Waals surface area contributed by atoms with E-state index in [-0.39, 0.29) is 11.3 Å². The van der Waals surface area contributed by atoms with Crippen molar-refractivity contribution in [2.45, 2.75) is 6.92 Å². The van der Waals surface area contributed by atoms with Gasteiger partial charge in [0.2, 0.25) is 0 Å². The number of methoxy groups -OCH3 is 3. The van der Waals surface area contributed by atoms with Gasteiger partial charge in [-0.25, -0.2) is 4.90 Å². The van der Waals surface area contributed by atoms with Gasteiger partial charge in [0.25, 0.3) is 11.8 Å². The van der Waals surface area contributed by atoms with Crippen molar-refractivity contribution in [2.75, 3.05) is 31.5 Å². The SMILES string of the molecule is COc1ccccc1NC1=C(c2ccccc2OC)C(=O)N(c2cc(C)ccc2OC)C1=O. The smallest absolute Gasteiger partial charge is 0.282 e. The van der Waals surface area contributed by atoms with Gasteiger partial charge in [0.1, 0.15) is 22.9 Å². The van der Waals surface area contributed by atoms with Crippen molar-refractivity contribution in [3.8, 4) is 17.2 Å². The number of hydrogen-bond acceptors (Lipinski definition) is 6. The Morgan fingerprint density at radius 3 is 2.06 bits per heavy atom. The lowest BCUT2D eigenvalue weighted by Crippen LogP contribution is -2.32.